The minimum Gasteiger partial charge on any atom is -0.207 e. The largest absolute Gasteiger partial charge is 0.241 e. The van der Waals surface area contributed by atoms with Gasteiger partial charge < -0.3 is 0 Å². The fourth-order valence-corrected chi connectivity index (χ4v) is 5.09. The van der Waals surface area contributed by atoms with Crippen molar-refractivity contribution in [1.29, 1.82) is 0 Å². The lowest BCUT2D eigenvalue weighted by Crippen LogP contribution is -2.31. The highest BCUT2D eigenvalue weighted by atomic mass is 32.2. The summed E-state index contributed by atoms with van der Waals surface area (Å²) in [5.41, 5.74) is 3.73. The summed E-state index contributed by atoms with van der Waals surface area (Å²) in [5, 5.41) is 0. The van der Waals surface area contributed by atoms with Crippen LogP contribution in [0.1, 0.15) is 41.1 Å². The van der Waals surface area contributed by atoms with Gasteiger partial charge in [0.15, 0.2) is 0 Å². The van der Waals surface area contributed by atoms with Gasteiger partial charge in [0.2, 0.25) is 10.0 Å². The Hall–Kier alpha value is -1.65. The van der Waals surface area contributed by atoms with Crippen LogP contribution in [0.3, 0.4) is 0 Å². The van der Waals surface area contributed by atoms with Crippen LogP contribution in [0.2, 0.25) is 0 Å². The first-order valence-corrected chi connectivity index (χ1v) is 9.52. The number of rotatable bonds is 5. The van der Waals surface area contributed by atoms with Gasteiger partial charge in [-0.05, 0) is 56.2 Å². The van der Waals surface area contributed by atoms with Gasteiger partial charge in [0.05, 0.1) is 4.90 Å². The molecule has 0 spiro atoms. The summed E-state index contributed by atoms with van der Waals surface area (Å²) >= 11 is 0. The average molecular weight is 329 g/mol. The summed E-state index contributed by atoms with van der Waals surface area (Å²) in [6, 6.07) is 13.6. The van der Waals surface area contributed by atoms with Gasteiger partial charge in [0.25, 0.3) is 0 Å². The van der Waals surface area contributed by atoms with E-state index in [1.165, 1.54) is 0 Å². The molecule has 3 rings (SSSR count). The molecule has 1 fully saturated rings. The Bertz CT molecular complexity index is 786. The molecule has 0 aromatic heterocycles. The molecule has 2 aromatic rings. The monoisotopic (exact) mass is 329 g/mol. The van der Waals surface area contributed by atoms with E-state index >= 15 is 0 Å². The second-order valence-electron chi connectivity index (χ2n) is 6.57. The molecule has 0 bridgehead atoms. The highest BCUT2D eigenvalue weighted by Gasteiger charge is 2.36. The van der Waals surface area contributed by atoms with Crippen LogP contribution >= 0.6 is 0 Å². The molecule has 23 heavy (non-hydrogen) atoms. The van der Waals surface area contributed by atoms with Gasteiger partial charge in [-0.2, -0.15) is 0 Å². The molecule has 4 heteroatoms. The van der Waals surface area contributed by atoms with Crippen molar-refractivity contribution in [2.75, 3.05) is 0 Å². The molecule has 1 aliphatic rings. The third kappa shape index (κ3) is 3.48. The molecular formula is C19H23NO2S. The molecular weight excluding hydrogens is 306 g/mol. The summed E-state index contributed by atoms with van der Waals surface area (Å²) in [4.78, 5) is 0.421. The van der Waals surface area contributed by atoms with Crippen LogP contribution in [0.5, 0.6) is 0 Å². The van der Waals surface area contributed by atoms with Crippen LogP contribution in [0.15, 0.2) is 47.4 Å². The van der Waals surface area contributed by atoms with Gasteiger partial charge in [-0.1, -0.05) is 48.0 Å². The first-order valence-electron chi connectivity index (χ1n) is 8.03. The summed E-state index contributed by atoms with van der Waals surface area (Å²) in [5.74, 6) is 0.401. The SMILES string of the molecule is Cc1cc(C)c(S(=O)(=O)N[C@@H](c2ccccc2)C2CC2)c(C)c1. The fourth-order valence-electron chi connectivity index (χ4n) is 3.34. The lowest BCUT2D eigenvalue weighted by atomic mass is 10.0. The number of sulfonamides is 1. The van der Waals surface area contributed by atoms with Crippen LogP contribution in [0, 0.1) is 26.7 Å². The predicted octanol–water partition coefficient (Wildman–Crippen LogP) is 4.04. The van der Waals surface area contributed by atoms with E-state index in [2.05, 4.69) is 4.72 Å². The van der Waals surface area contributed by atoms with Crippen molar-refractivity contribution in [1.82, 2.24) is 4.72 Å². The smallest absolute Gasteiger partial charge is 0.207 e. The van der Waals surface area contributed by atoms with Gasteiger partial charge >= 0.3 is 0 Å². The summed E-state index contributed by atoms with van der Waals surface area (Å²) in [6.07, 6.45) is 2.15. The lowest BCUT2D eigenvalue weighted by molar-refractivity contribution is 0.528. The number of aryl methyl sites for hydroxylation is 3. The van der Waals surface area contributed by atoms with E-state index in [9.17, 15) is 8.42 Å². The Balaban J connectivity index is 1.97. The van der Waals surface area contributed by atoms with Crippen LogP contribution < -0.4 is 4.72 Å². The first kappa shape index (κ1) is 16.2. The van der Waals surface area contributed by atoms with Crippen molar-refractivity contribution in [3.05, 3.63) is 64.7 Å². The summed E-state index contributed by atoms with van der Waals surface area (Å²) in [7, 11) is -3.54. The number of hydrogen-bond acceptors (Lipinski definition) is 2. The standard InChI is InChI=1S/C19H23NO2S/c1-13-11-14(2)19(15(3)12-13)23(21,22)20-18(17-9-10-17)16-7-5-4-6-8-16/h4-8,11-12,17-18,20H,9-10H2,1-3H3/t18-/m0/s1. The van der Waals surface area contributed by atoms with E-state index in [0.29, 0.717) is 10.8 Å². The van der Waals surface area contributed by atoms with Gasteiger partial charge in [-0.3, -0.25) is 0 Å². The Morgan fingerprint density at radius 3 is 2.09 bits per heavy atom. The zero-order valence-corrected chi connectivity index (χ0v) is 14.7. The molecule has 3 nitrogen and oxygen atoms in total. The lowest BCUT2D eigenvalue weighted by Gasteiger charge is -2.21. The van der Waals surface area contributed by atoms with Crippen molar-refractivity contribution in [2.24, 2.45) is 5.92 Å². The number of hydrogen-bond donors (Lipinski definition) is 1. The summed E-state index contributed by atoms with van der Waals surface area (Å²) in [6.45, 7) is 5.72. The molecule has 0 amide bonds. The second-order valence-corrected chi connectivity index (χ2v) is 8.23. The van der Waals surface area contributed by atoms with Crippen molar-refractivity contribution < 1.29 is 8.42 Å². The van der Waals surface area contributed by atoms with Gasteiger partial charge in [-0.15, -0.1) is 0 Å². The predicted molar refractivity (Wildman–Crippen MR) is 92.9 cm³/mol. The van der Waals surface area contributed by atoms with Crippen LogP contribution in [0.4, 0.5) is 0 Å². The molecule has 0 heterocycles. The highest BCUT2D eigenvalue weighted by Crippen LogP contribution is 2.42. The van der Waals surface area contributed by atoms with Gasteiger partial charge in [-0.25, -0.2) is 13.1 Å². The van der Waals surface area contributed by atoms with Crippen LogP contribution in [-0.2, 0) is 10.0 Å². The molecule has 1 atom stereocenters. The molecule has 0 saturated heterocycles. The number of benzene rings is 2. The van der Waals surface area contributed by atoms with Crippen molar-refractivity contribution in [2.45, 2.75) is 44.6 Å². The molecule has 1 N–H and O–H groups in total. The Kier molecular flexibility index (Phi) is 4.30. The highest BCUT2D eigenvalue weighted by molar-refractivity contribution is 7.89. The van der Waals surface area contributed by atoms with Crippen molar-refractivity contribution >= 4 is 10.0 Å². The van der Waals surface area contributed by atoms with E-state index in [1.807, 2.05) is 63.2 Å². The zero-order chi connectivity index (χ0) is 16.6. The Morgan fingerprint density at radius 2 is 1.57 bits per heavy atom. The minimum absolute atomic E-state index is 0.138. The molecule has 1 saturated carbocycles. The van der Waals surface area contributed by atoms with Crippen molar-refractivity contribution in [3.8, 4) is 0 Å². The van der Waals surface area contributed by atoms with Crippen molar-refractivity contribution in [3.63, 3.8) is 0 Å². The molecule has 0 radical (unpaired) electrons. The zero-order valence-electron chi connectivity index (χ0n) is 13.8. The maximum Gasteiger partial charge on any atom is 0.241 e. The Morgan fingerprint density at radius 1 is 1.00 bits per heavy atom. The molecule has 0 unspecified atom stereocenters. The van der Waals surface area contributed by atoms with Crippen LogP contribution in [-0.4, -0.2) is 8.42 Å². The molecule has 2 aromatic carbocycles. The first-order chi connectivity index (χ1) is 10.9. The topological polar surface area (TPSA) is 46.2 Å². The average Bonchev–Trinajstić information content (AvgIpc) is 3.29. The third-order valence-corrected chi connectivity index (χ3v) is 6.15. The van der Waals surface area contributed by atoms with E-state index in [4.69, 9.17) is 0 Å². The number of nitrogens with one attached hydrogen (secondary N) is 1. The maximum absolute atomic E-state index is 13.0. The Labute approximate surface area is 138 Å². The van der Waals surface area contributed by atoms with E-state index in [0.717, 1.165) is 35.1 Å². The van der Waals surface area contributed by atoms with Gasteiger partial charge in [0.1, 0.15) is 0 Å². The third-order valence-electron chi connectivity index (χ3n) is 4.41. The molecule has 0 aliphatic heterocycles. The normalized spacial score (nSPS) is 16.3. The van der Waals surface area contributed by atoms with Crippen LogP contribution in [0.25, 0.3) is 0 Å². The van der Waals surface area contributed by atoms with E-state index in [1.54, 1.807) is 0 Å². The minimum atomic E-state index is -3.54. The van der Waals surface area contributed by atoms with E-state index in [-0.39, 0.29) is 6.04 Å². The molecule has 1 aliphatic carbocycles. The molecule has 122 valence electrons. The van der Waals surface area contributed by atoms with Gasteiger partial charge in [0, 0.05) is 6.04 Å². The maximum atomic E-state index is 13.0. The van der Waals surface area contributed by atoms with E-state index < -0.39 is 10.0 Å². The second kappa shape index (κ2) is 6.10. The fraction of sp³-hybridized carbons (Fsp3) is 0.368. The summed E-state index contributed by atoms with van der Waals surface area (Å²) < 4.78 is 28.9. The quantitative estimate of drug-likeness (QED) is 0.900.